The van der Waals surface area contributed by atoms with Gasteiger partial charge < -0.3 is 0 Å². The molecule has 5 rings (SSSR count). The lowest BCUT2D eigenvalue weighted by Gasteiger charge is -2.24. The minimum absolute atomic E-state index is 0.269. The van der Waals surface area contributed by atoms with Crippen molar-refractivity contribution in [2.24, 2.45) is 17.8 Å². The number of rotatable bonds is 9. The molecule has 3 unspecified atom stereocenters. The zero-order valence-corrected chi connectivity index (χ0v) is 24.0. The molecule has 1 heteroatoms. The SMILES string of the molecule is Cc1cc(C)c(B(c2ccc(CCCCCC3CC4C=CC3C4)cc2)c2c(C)cc(C)cc2C)c(C)c1. The first-order valence-electron chi connectivity index (χ1n) is 14.7. The van der Waals surface area contributed by atoms with E-state index in [1.807, 2.05) is 0 Å². The predicted molar refractivity (Wildman–Crippen MR) is 163 cm³/mol. The first-order valence-corrected chi connectivity index (χ1v) is 14.7. The summed E-state index contributed by atoms with van der Waals surface area (Å²) in [7, 11) is 0. The van der Waals surface area contributed by atoms with E-state index in [1.54, 1.807) is 0 Å². The van der Waals surface area contributed by atoms with Gasteiger partial charge in [-0.05, 0) is 97.0 Å². The van der Waals surface area contributed by atoms with Crippen LogP contribution in [0.15, 0.2) is 60.7 Å². The number of hydrogen-bond donors (Lipinski definition) is 0. The van der Waals surface area contributed by atoms with Crippen LogP contribution < -0.4 is 16.4 Å². The number of aryl methyl sites for hydroxylation is 7. The molecule has 0 saturated heterocycles. The molecule has 3 aromatic rings. The van der Waals surface area contributed by atoms with Gasteiger partial charge in [-0.3, -0.25) is 0 Å². The van der Waals surface area contributed by atoms with Crippen molar-refractivity contribution in [2.75, 3.05) is 0 Å². The zero-order chi connectivity index (χ0) is 26.1. The van der Waals surface area contributed by atoms with Crippen LogP contribution in [0.4, 0.5) is 0 Å². The summed E-state index contributed by atoms with van der Waals surface area (Å²) < 4.78 is 0. The lowest BCUT2D eigenvalue weighted by Crippen LogP contribution is -2.55. The van der Waals surface area contributed by atoms with Crippen molar-refractivity contribution >= 4 is 23.1 Å². The van der Waals surface area contributed by atoms with Crippen molar-refractivity contribution in [3.05, 3.63) is 99.6 Å². The molecule has 0 heterocycles. The molecule has 0 N–H and O–H groups in total. The molecule has 1 saturated carbocycles. The van der Waals surface area contributed by atoms with Crippen LogP contribution in [0, 0.1) is 59.3 Å². The lowest BCUT2D eigenvalue weighted by atomic mass is 9.34. The average molecular weight is 489 g/mol. The smallest absolute Gasteiger partial charge is 0.0851 e. The van der Waals surface area contributed by atoms with Crippen LogP contribution in [0.1, 0.15) is 77.5 Å². The van der Waals surface area contributed by atoms with Crippen molar-refractivity contribution in [3.63, 3.8) is 0 Å². The standard InChI is InChI=1S/C36H45B/c1-24-18-26(3)35(27(4)19-24)37(36-28(5)20-25(2)21-29(36)6)34-16-13-30(14-17-34)10-8-7-9-11-32-22-31-12-15-33(32)23-31/h12-21,31-33H,7-11,22-23H2,1-6H3. The third kappa shape index (κ3) is 5.67. The van der Waals surface area contributed by atoms with E-state index in [-0.39, 0.29) is 6.71 Å². The van der Waals surface area contributed by atoms with Gasteiger partial charge in [-0.2, -0.15) is 0 Å². The topological polar surface area (TPSA) is 0 Å². The Kier molecular flexibility index (Phi) is 7.80. The maximum absolute atomic E-state index is 2.51. The quantitative estimate of drug-likeness (QED) is 0.168. The van der Waals surface area contributed by atoms with Crippen molar-refractivity contribution in [3.8, 4) is 0 Å². The van der Waals surface area contributed by atoms with E-state index in [1.165, 1.54) is 100 Å². The van der Waals surface area contributed by atoms with Crippen LogP contribution in [-0.2, 0) is 6.42 Å². The van der Waals surface area contributed by atoms with Gasteiger partial charge in [-0.1, -0.05) is 123 Å². The lowest BCUT2D eigenvalue weighted by molar-refractivity contribution is 0.396. The maximum atomic E-state index is 2.51. The van der Waals surface area contributed by atoms with E-state index >= 15 is 0 Å². The monoisotopic (exact) mass is 488 g/mol. The summed E-state index contributed by atoms with van der Waals surface area (Å²) in [5, 5.41) is 0. The van der Waals surface area contributed by atoms with E-state index in [0.717, 1.165) is 17.8 Å². The second-order valence-corrected chi connectivity index (χ2v) is 12.4. The summed E-state index contributed by atoms with van der Waals surface area (Å²) in [5.74, 6) is 2.80. The third-order valence-corrected chi connectivity index (χ3v) is 9.32. The van der Waals surface area contributed by atoms with Crippen LogP contribution in [0.5, 0.6) is 0 Å². The number of hydrogen-bond acceptors (Lipinski definition) is 0. The minimum atomic E-state index is 0.269. The number of benzene rings is 3. The highest BCUT2D eigenvalue weighted by Crippen LogP contribution is 2.45. The summed E-state index contributed by atoms with van der Waals surface area (Å²) in [6.45, 7) is 13.9. The van der Waals surface area contributed by atoms with E-state index in [4.69, 9.17) is 0 Å². The molecule has 1 fully saturated rings. The summed E-state index contributed by atoms with van der Waals surface area (Å²) in [4.78, 5) is 0. The molecular formula is C36H45B. The Morgan fingerprint density at radius 2 is 1.22 bits per heavy atom. The molecule has 2 aliphatic rings. The van der Waals surface area contributed by atoms with Crippen molar-refractivity contribution in [1.29, 1.82) is 0 Å². The van der Waals surface area contributed by atoms with E-state index < -0.39 is 0 Å². The molecule has 192 valence electrons. The van der Waals surface area contributed by atoms with Gasteiger partial charge in [0, 0.05) is 0 Å². The normalized spacial score (nSPS) is 20.1. The molecule has 0 aliphatic heterocycles. The molecule has 3 atom stereocenters. The number of unbranched alkanes of at least 4 members (excludes halogenated alkanes) is 2. The minimum Gasteiger partial charge on any atom is -0.0851 e. The van der Waals surface area contributed by atoms with Crippen LogP contribution >= 0.6 is 0 Å². The average Bonchev–Trinajstić information content (AvgIpc) is 3.46. The molecule has 0 nitrogen and oxygen atoms in total. The second-order valence-electron chi connectivity index (χ2n) is 12.4. The van der Waals surface area contributed by atoms with Gasteiger partial charge in [-0.15, -0.1) is 0 Å². The van der Waals surface area contributed by atoms with Gasteiger partial charge in [0.1, 0.15) is 0 Å². The highest BCUT2D eigenvalue weighted by atomic mass is 14.4. The van der Waals surface area contributed by atoms with Crippen LogP contribution in [0.2, 0.25) is 0 Å². The molecule has 0 aromatic heterocycles. The summed E-state index contributed by atoms with van der Waals surface area (Å²) >= 11 is 0. The Balaban J connectivity index is 1.32. The van der Waals surface area contributed by atoms with Crippen LogP contribution in [0.25, 0.3) is 0 Å². The highest BCUT2D eigenvalue weighted by molar-refractivity contribution is 6.96. The first-order chi connectivity index (χ1) is 17.8. The molecule has 2 aliphatic carbocycles. The predicted octanol–water partition coefficient (Wildman–Crippen LogP) is 7.37. The Labute approximate surface area is 226 Å². The van der Waals surface area contributed by atoms with Crippen molar-refractivity contribution in [2.45, 2.75) is 86.5 Å². The molecular weight excluding hydrogens is 443 g/mol. The van der Waals surface area contributed by atoms with Crippen molar-refractivity contribution in [1.82, 2.24) is 0 Å². The summed E-state index contributed by atoms with van der Waals surface area (Å²) in [5.41, 5.74) is 14.2. The Hall–Kier alpha value is -2.54. The van der Waals surface area contributed by atoms with Gasteiger partial charge in [-0.25, -0.2) is 0 Å². The molecule has 0 radical (unpaired) electrons. The molecule has 37 heavy (non-hydrogen) atoms. The molecule has 3 aromatic carbocycles. The number of fused-ring (bicyclic) bond motifs is 2. The van der Waals surface area contributed by atoms with Gasteiger partial charge in [0.25, 0.3) is 0 Å². The third-order valence-electron chi connectivity index (χ3n) is 9.32. The fourth-order valence-corrected chi connectivity index (χ4v) is 7.79. The van der Waals surface area contributed by atoms with Gasteiger partial charge in [0.15, 0.2) is 0 Å². The summed E-state index contributed by atoms with van der Waals surface area (Å²) in [6, 6.07) is 19.1. The van der Waals surface area contributed by atoms with Gasteiger partial charge in [0.05, 0.1) is 0 Å². The van der Waals surface area contributed by atoms with Crippen molar-refractivity contribution < 1.29 is 0 Å². The van der Waals surface area contributed by atoms with Crippen LogP contribution in [0.3, 0.4) is 0 Å². The van der Waals surface area contributed by atoms with Gasteiger partial charge >= 0.3 is 0 Å². The fourth-order valence-electron chi connectivity index (χ4n) is 7.79. The Morgan fingerprint density at radius 3 is 1.70 bits per heavy atom. The highest BCUT2D eigenvalue weighted by Gasteiger charge is 2.34. The molecule has 0 amide bonds. The summed E-state index contributed by atoms with van der Waals surface area (Å²) in [6.07, 6.45) is 14.6. The second kappa shape index (κ2) is 11.1. The van der Waals surface area contributed by atoms with E-state index in [0.29, 0.717) is 0 Å². The van der Waals surface area contributed by atoms with Crippen LogP contribution in [-0.4, -0.2) is 6.71 Å². The molecule has 2 bridgehead atoms. The Bertz CT molecular complexity index is 1180. The number of allylic oxidation sites excluding steroid dienone is 2. The fraction of sp³-hybridized carbons (Fsp3) is 0.444. The van der Waals surface area contributed by atoms with Gasteiger partial charge in [0.2, 0.25) is 6.71 Å². The van der Waals surface area contributed by atoms with E-state index in [2.05, 4.69) is 102 Å². The Morgan fingerprint density at radius 1 is 0.649 bits per heavy atom. The molecule has 0 spiro atoms. The maximum Gasteiger partial charge on any atom is 0.242 e. The first kappa shape index (κ1) is 26.1. The largest absolute Gasteiger partial charge is 0.242 e. The van der Waals surface area contributed by atoms with E-state index in [9.17, 15) is 0 Å². The zero-order valence-electron chi connectivity index (χ0n) is 24.0.